The van der Waals surface area contributed by atoms with Gasteiger partial charge in [-0.3, -0.25) is 4.90 Å². The molecule has 0 amide bonds. The molecule has 3 unspecified atom stereocenters. The van der Waals surface area contributed by atoms with Crippen molar-refractivity contribution in [3.63, 3.8) is 0 Å². The van der Waals surface area contributed by atoms with Gasteiger partial charge in [0.05, 0.1) is 32.0 Å². The maximum absolute atomic E-state index is 13.1. The number of carbonyl (C=O) groups excluding carboxylic acids is 1. The predicted molar refractivity (Wildman–Crippen MR) is 142 cm³/mol. The normalized spacial score (nSPS) is 49.1. The monoisotopic (exact) mass is 541 g/mol. The maximum Gasteiger partial charge on any atom is 0.338 e. The summed E-state index contributed by atoms with van der Waals surface area (Å²) in [5.74, 6) is 1.07. The minimum Gasteiger partial charge on any atom is -0.493 e. The molecule has 0 radical (unpaired) electrons. The highest BCUT2D eigenvalue weighted by Gasteiger charge is 2.86. The first-order chi connectivity index (χ1) is 18.6. The van der Waals surface area contributed by atoms with Gasteiger partial charge in [-0.15, -0.1) is 0 Å². The summed E-state index contributed by atoms with van der Waals surface area (Å²) in [7, 11) is 3.04. The van der Waals surface area contributed by atoms with Crippen LogP contribution >= 0.6 is 0 Å². The van der Waals surface area contributed by atoms with E-state index in [2.05, 4.69) is 18.7 Å². The standard InChI is InChI=1S/C31H43NO7/c1-5-32-15-28(2)10-9-24(33)31-22(28)14-19(25(31)32)29-11-8-18(13-23(29)31)30(36,27(29)35)16-39-26(34)17-6-7-20(37-3)21(12-17)38-4/h6-7,12,18-19,22-25,27,33,35-36H,5,8-11,13-16H2,1-4H3/t18-,19?,22-,23?,24+,25?,27+,28+,29+,30-,31+/m1/s1. The number of nitrogens with zero attached hydrogens (tertiary/aromatic N) is 1. The van der Waals surface area contributed by atoms with Gasteiger partial charge in [-0.25, -0.2) is 4.79 Å². The van der Waals surface area contributed by atoms with Gasteiger partial charge in [0.2, 0.25) is 0 Å². The second-order valence-corrected chi connectivity index (χ2v) is 13.8. The molecular weight excluding hydrogens is 498 g/mol. The van der Waals surface area contributed by atoms with Crippen molar-refractivity contribution < 1.29 is 34.3 Å². The Morgan fingerprint density at radius 3 is 2.56 bits per heavy atom. The molecule has 6 aliphatic carbocycles. The Morgan fingerprint density at radius 2 is 1.85 bits per heavy atom. The van der Waals surface area contributed by atoms with E-state index in [0.717, 1.165) is 51.6 Å². The number of likely N-dealkylation sites (tertiary alicyclic amines) is 1. The molecule has 8 nitrogen and oxygen atoms in total. The van der Waals surface area contributed by atoms with E-state index < -0.39 is 23.1 Å². The van der Waals surface area contributed by atoms with E-state index in [1.807, 2.05) is 0 Å². The van der Waals surface area contributed by atoms with Gasteiger partial charge >= 0.3 is 5.97 Å². The number of esters is 1. The Bertz CT molecular complexity index is 1190. The zero-order valence-electron chi connectivity index (χ0n) is 23.6. The molecule has 1 aliphatic heterocycles. The first-order valence-electron chi connectivity index (χ1n) is 14.8. The fraction of sp³-hybridized carbons (Fsp3) is 0.774. The molecule has 0 aromatic heterocycles. The van der Waals surface area contributed by atoms with E-state index in [1.54, 1.807) is 18.2 Å². The van der Waals surface area contributed by atoms with Gasteiger partial charge in [0.1, 0.15) is 12.2 Å². The van der Waals surface area contributed by atoms with Gasteiger partial charge in [-0.2, -0.15) is 0 Å². The highest BCUT2D eigenvalue weighted by atomic mass is 16.5. The molecule has 7 aliphatic rings. The number of ether oxygens (including phenoxy) is 3. The van der Waals surface area contributed by atoms with Crippen molar-refractivity contribution in [2.45, 2.75) is 76.2 Å². The number of rotatable bonds is 6. The van der Waals surface area contributed by atoms with Crippen molar-refractivity contribution in [2.75, 3.05) is 33.9 Å². The van der Waals surface area contributed by atoms with Gasteiger partial charge in [0, 0.05) is 23.4 Å². The van der Waals surface area contributed by atoms with Crippen LogP contribution in [0.2, 0.25) is 0 Å². The zero-order chi connectivity index (χ0) is 27.5. The summed E-state index contributed by atoms with van der Waals surface area (Å²) >= 11 is 0. The minimum atomic E-state index is -1.50. The SMILES string of the molecule is CCN1C[C@]2(C)CC[C@H](O)[C@]34C1C(C[C@H]23)[C@@]12CC[C@H](CC14)[C@](O)(COC(=O)c1ccc(OC)c(OC)c1)[C@H]2O. The quantitative estimate of drug-likeness (QED) is 0.472. The number of aliphatic hydroxyl groups excluding tert-OH is 2. The first-order valence-corrected chi connectivity index (χ1v) is 14.8. The second-order valence-electron chi connectivity index (χ2n) is 13.8. The predicted octanol–water partition coefficient (Wildman–Crippen LogP) is 2.87. The van der Waals surface area contributed by atoms with Crippen LogP contribution in [0.5, 0.6) is 11.5 Å². The van der Waals surface area contributed by atoms with Crippen LogP contribution in [0.4, 0.5) is 0 Å². The number of fused-ring (bicyclic) bond motifs is 2. The summed E-state index contributed by atoms with van der Waals surface area (Å²) in [5, 5.41) is 36.1. The minimum absolute atomic E-state index is 0.178. The van der Waals surface area contributed by atoms with E-state index in [9.17, 15) is 20.1 Å². The first kappa shape index (κ1) is 26.1. The molecule has 7 bridgehead atoms. The van der Waals surface area contributed by atoms with E-state index >= 15 is 0 Å². The lowest BCUT2D eigenvalue weighted by molar-refractivity contribution is -0.297. The summed E-state index contributed by atoms with van der Waals surface area (Å²) in [5.41, 5.74) is -1.69. The van der Waals surface area contributed by atoms with Crippen LogP contribution < -0.4 is 9.47 Å². The summed E-state index contributed by atoms with van der Waals surface area (Å²) in [6.45, 7) is 6.40. The van der Waals surface area contributed by atoms with Crippen LogP contribution in [0.1, 0.15) is 62.7 Å². The van der Waals surface area contributed by atoms with Gasteiger partial charge in [-0.05, 0) is 92.4 Å². The molecule has 8 heteroatoms. The highest BCUT2D eigenvalue weighted by molar-refractivity contribution is 5.90. The lowest BCUT2D eigenvalue weighted by atomic mass is 9.38. The van der Waals surface area contributed by atoms with Crippen molar-refractivity contribution in [2.24, 2.45) is 39.9 Å². The van der Waals surface area contributed by atoms with Gasteiger partial charge in [0.25, 0.3) is 0 Å². The number of methoxy groups -OCH3 is 2. The van der Waals surface area contributed by atoms with Crippen molar-refractivity contribution in [3.05, 3.63) is 23.8 Å². The fourth-order valence-corrected chi connectivity index (χ4v) is 11.6. The third-order valence-electron chi connectivity index (χ3n) is 12.9. The van der Waals surface area contributed by atoms with Crippen molar-refractivity contribution >= 4 is 5.97 Å². The molecule has 1 aromatic rings. The molecular formula is C31H43NO7. The van der Waals surface area contributed by atoms with Gasteiger partial charge < -0.3 is 29.5 Å². The average Bonchev–Trinajstić information content (AvgIpc) is 3.40. The number of piperidine rings is 1. The molecule has 214 valence electrons. The summed E-state index contributed by atoms with van der Waals surface area (Å²) in [4.78, 5) is 15.7. The van der Waals surface area contributed by atoms with Crippen LogP contribution in [-0.2, 0) is 4.74 Å². The van der Waals surface area contributed by atoms with E-state index in [0.29, 0.717) is 23.0 Å². The Kier molecular flexibility index (Phi) is 5.57. The van der Waals surface area contributed by atoms with E-state index in [-0.39, 0.29) is 47.3 Å². The number of hydrogen-bond acceptors (Lipinski definition) is 8. The Balaban J connectivity index is 1.20. The summed E-state index contributed by atoms with van der Waals surface area (Å²) in [6, 6.07) is 5.08. The molecule has 7 fully saturated rings. The van der Waals surface area contributed by atoms with Crippen LogP contribution in [0, 0.1) is 39.9 Å². The zero-order valence-corrected chi connectivity index (χ0v) is 23.6. The third-order valence-corrected chi connectivity index (χ3v) is 12.9. The molecule has 2 spiro atoms. The van der Waals surface area contributed by atoms with E-state index in [1.165, 1.54) is 14.2 Å². The molecule has 39 heavy (non-hydrogen) atoms. The largest absolute Gasteiger partial charge is 0.493 e. The Labute approximate surface area is 230 Å². The lowest BCUT2D eigenvalue weighted by Crippen LogP contribution is -2.74. The molecule has 3 N–H and O–H groups in total. The third kappa shape index (κ3) is 2.92. The Hall–Kier alpha value is -1.87. The van der Waals surface area contributed by atoms with Crippen LogP contribution in [-0.4, -0.2) is 84.0 Å². The second kappa shape index (κ2) is 8.34. The van der Waals surface area contributed by atoms with E-state index in [4.69, 9.17) is 14.2 Å². The number of carbonyl (C=O) groups is 1. The summed E-state index contributed by atoms with van der Waals surface area (Å²) in [6.07, 6.45) is 3.97. The Morgan fingerprint density at radius 1 is 1.08 bits per heavy atom. The molecule has 1 saturated heterocycles. The van der Waals surface area contributed by atoms with Crippen molar-refractivity contribution in [3.8, 4) is 11.5 Å². The topological polar surface area (TPSA) is 109 Å². The van der Waals surface area contributed by atoms with Crippen LogP contribution in [0.3, 0.4) is 0 Å². The summed E-state index contributed by atoms with van der Waals surface area (Å²) < 4.78 is 16.3. The highest BCUT2D eigenvalue weighted by Crippen LogP contribution is 2.83. The molecule has 1 aromatic carbocycles. The average molecular weight is 542 g/mol. The smallest absolute Gasteiger partial charge is 0.338 e. The van der Waals surface area contributed by atoms with Crippen molar-refractivity contribution in [1.29, 1.82) is 0 Å². The van der Waals surface area contributed by atoms with Crippen molar-refractivity contribution in [1.82, 2.24) is 4.90 Å². The van der Waals surface area contributed by atoms with Crippen LogP contribution in [0.25, 0.3) is 0 Å². The fourth-order valence-electron chi connectivity index (χ4n) is 11.6. The maximum atomic E-state index is 13.1. The molecule has 8 rings (SSSR count). The number of benzene rings is 1. The number of hydrogen-bond donors (Lipinski definition) is 3. The van der Waals surface area contributed by atoms with Crippen LogP contribution in [0.15, 0.2) is 18.2 Å². The van der Waals surface area contributed by atoms with Gasteiger partial charge in [-0.1, -0.05) is 13.8 Å². The van der Waals surface area contributed by atoms with Gasteiger partial charge in [0.15, 0.2) is 11.5 Å². The number of aliphatic hydroxyl groups is 3. The molecule has 1 heterocycles. The lowest BCUT2D eigenvalue weighted by Gasteiger charge is -2.69. The molecule has 6 saturated carbocycles. The molecule has 11 atom stereocenters.